The average molecular weight is 337 g/mol. The lowest BCUT2D eigenvalue weighted by Gasteiger charge is -2.07. The van der Waals surface area contributed by atoms with Gasteiger partial charge in [0, 0.05) is 5.56 Å². The van der Waals surface area contributed by atoms with E-state index in [4.69, 9.17) is 4.74 Å². The predicted octanol–water partition coefficient (Wildman–Crippen LogP) is 2.21. The summed E-state index contributed by atoms with van der Waals surface area (Å²) >= 11 is 3.17. The summed E-state index contributed by atoms with van der Waals surface area (Å²) in [6.45, 7) is 1.66. The van der Waals surface area contributed by atoms with Crippen LogP contribution in [0.2, 0.25) is 0 Å². The second kappa shape index (κ2) is 6.00. The molecule has 0 fully saturated rings. The number of ketones is 1. The van der Waals surface area contributed by atoms with E-state index in [1.807, 2.05) is 0 Å². The van der Waals surface area contributed by atoms with Crippen LogP contribution in [0.15, 0.2) is 39.9 Å². The Morgan fingerprint density at radius 1 is 1.45 bits per heavy atom. The number of methoxy groups -OCH3 is 1. The first-order chi connectivity index (χ1) is 9.52. The maximum Gasteiger partial charge on any atom is 0.268 e. The molecule has 1 aromatic heterocycles. The number of benzene rings is 1. The highest BCUT2D eigenvalue weighted by molar-refractivity contribution is 9.10. The molecule has 0 saturated heterocycles. The van der Waals surface area contributed by atoms with Crippen LogP contribution >= 0.6 is 15.9 Å². The summed E-state index contributed by atoms with van der Waals surface area (Å²) in [5.41, 5.74) is 0.821. The van der Waals surface area contributed by atoms with Crippen molar-refractivity contribution < 1.29 is 9.53 Å². The number of halogens is 1. The first-order valence-corrected chi connectivity index (χ1v) is 6.71. The van der Waals surface area contributed by atoms with Crippen molar-refractivity contribution in [1.29, 1.82) is 0 Å². The third-order valence-corrected chi connectivity index (χ3v) is 3.78. The van der Waals surface area contributed by atoms with Crippen LogP contribution in [0, 0.1) is 6.92 Å². The molecule has 2 aromatic rings. The molecular weight excluding hydrogens is 324 g/mol. The molecule has 0 aliphatic rings. The molecule has 6 heteroatoms. The Hall–Kier alpha value is -1.95. The molecule has 0 aliphatic heterocycles. The molecule has 1 aromatic carbocycles. The van der Waals surface area contributed by atoms with E-state index < -0.39 is 0 Å². The van der Waals surface area contributed by atoms with Crippen molar-refractivity contribution in [2.24, 2.45) is 0 Å². The number of carbonyl (C=O) groups is 1. The third kappa shape index (κ3) is 2.96. The zero-order chi connectivity index (χ0) is 14.7. The number of nitrogens with zero attached hydrogens (tertiary/aromatic N) is 2. The van der Waals surface area contributed by atoms with Crippen LogP contribution in [0.4, 0.5) is 0 Å². The van der Waals surface area contributed by atoms with Gasteiger partial charge in [0.1, 0.15) is 10.2 Å². The van der Waals surface area contributed by atoms with Gasteiger partial charge in [0.2, 0.25) is 0 Å². The topological polar surface area (TPSA) is 61.2 Å². The monoisotopic (exact) mass is 336 g/mol. The number of ether oxygens (including phenoxy) is 1. The summed E-state index contributed by atoms with van der Waals surface area (Å²) in [7, 11) is 1.54. The van der Waals surface area contributed by atoms with Gasteiger partial charge >= 0.3 is 0 Å². The molecule has 0 saturated carbocycles. The molecule has 0 atom stereocenters. The Morgan fingerprint density at radius 3 is 2.90 bits per heavy atom. The fourth-order valence-corrected chi connectivity index (χ4v) is 2.03. The van der Waals surface area contributed by atoms with Crippen LogP contribution in [0.1, 0.15) is 16.1 Å². The molecule has 1 heterocycles. The zero-order valence-electron chi connectivity index (χ0n) is 11.1. The number of carbonyl (C=O) groups excluding carboxylic acids is 1. The molecule has 0 bridgehead atoms. The van der Waals surface area contributed by atoms with Crippen LogP contribution in [0.25, 0.3) is 0 Å². The predicted molar refractivity (Wildman–Crippen MR) is 78.3 cm³/mol. The standard InChI is InChI=1S/C14H13BrN2O3/c1-9-13(15)14(19)17(8-16-9)7-12(18)10-4-3-5-11(6-10)20-2/h3-6,8H,7H2,1-2H3. The quantitative estimate of drug-likeness (QED) is 0.803. The van der Waals surface area contributed by atoms with Crippen molar-refractivity contribution in [2.75, 3.05) is 7.11 Å². The van der Waals surface area contributed by atoms with Crippen LogP contribution in [0.5, 0.6) is 5.75 Å². The average Bonchev–Trinajstić information content (AvgIpc) is 2.48. The fraction of sp³-hybridized carbons (Fsp3) is 0.214. The van der Waals surface area contributed by atoms with Gasteiger partial charge in [-0.2, -0.15) is 0 Å². The van der Waals surface area contributed by atoms with Crippen LogP contribution in [-0.4, -0.2) is 22.4 Å². The van der Waals surface area contributed by atoms with Crippen molar-refractivity contribution >= 4 is 21.7 Å². The zero-order valence-corrected chi connectivity index (χ0v) is 12.7. The van der Waals surface area contributed by atoms with Crippen molar-refractivity contribution in [3.05, 3.63) is 56.7 Å². The lowest BCUT2D eigenvalue weighted by atomic mass is 10.1. The minimum Gasteiger partial charge on any atom is -0.497 e. The van der Waals surface area contributed by atoms with E-state index in [-0.39, 0.29) is 17.9 Å². The second-order valence-electron chi connectivity index (χ2n) is 4.23. The van der Waals surface area contributed by atoms with E-state index in [1.165, 1.54) is 18.0 Å². The van der Waals surface area contributed by atoms with Gasteiger partial charge in [-0.05, 0) is 35.0 Å². The summed E-state index contributed by atoms with van der Waals surface area (Å²) in [5, 5.41) is 0. The molecule has 0 amide bonds. The summed E-state index contributed by atoms with van der Waals surface area (Å²) in [4.78, 5) is 28.2. The van der Waals surface area contributed by atoms with Gasteiger partial charge in [-0.1, -0.05) is 12.1 Å². The highest BCUT2D eigenvalue weighted by Crippen LogP contribution is 2.13. The maximum absolute atomic E-state index is 12.2. The first kappa shape index (κ1) is 14.5. The molecule has 5 nitrogen and oxygen atoms in total. The molecule has 2 rings (SSSR count). The summed E-state index contributed by atoms with van der Waals surface area (Å²) in [6.07, 6.45) is 1.38. The van der Waals surface area contributed by atoms with E-state index in [1.54, 1.807) is 31.2 Å². The molecule has 0 N–H and O–H groups in total. The van der Waals surface area contributed by atoms with Crippen molar-refractivity contribution in [3.8, 4) is 5.75 Å². The Bertz CT molecular complexity index is 710. The summed E-state index contributed by atoms with van der Waals surface area (Å²) in [5.74, 6) is 0.426. The number of aryl methyl sites for hydroxylation is 1. The van der Waals surface area contributed by atoms with Crippen LogP contribution in [-0.2, 0) is 6.54 Å². The highest BCUT2D eigenvalue weighted by atomic mass is 79.9. The number of hydrogen-bond acceptors (Lipinski definition) is 4. The number of aromatic nitrogens is 2. The van der Waals surface area contributed by atoms with Gasteiger partial charge in [-0.3, -0.25) is 14.2 Å². The smallest absolute Gasteiger partial charge is 0.268 e. The molecular formula is C14H13BrN2O3. The first-order valence-electron chi connectivity index (χ1n) is 5.91. The van der Waals surface area contributed by atoms with Gasteiger partial charge in [-0.25, -0.2) is 4.98 Å². The Kier molecular flexibility index (Phi) is 4.34. The number of hydrogen-bond donors (Lipinski definition) is 0. The van der Waals surface area contributed by atoms with Crippen molar-refractivity contribution in [2.45, 2.75) is 13.5 Å². The van der Waals surface area contributed by atoms with Gasteiger partial charge < -0.3 is 4.74 Å². The Labute approximate surface area is 124 Å². The minimum absolute atomic E-state index is 0.0577. The highest BCUT2D eigenvalue weighted by Gasteiger charge is 2.11. The van der Waals surface area contributed by atoms with Crippen molar-refractivity contribution in [1.82, 2.24) is 9.55 Å². The SMILES string of the molecule is COc1cccc(C(=O)Cn2cnc(C)c(Br)c2=O)c1. The van der Waals surface area contributed by atoms with E-state index >= 15 is 0 Å². The van der Waals surface area contributed by atoms with E-state index in [0.717, 1.165) is 0 Å². The fourth-order valence-electron chi connectivity index (χ4n) is 1.70. The minimum atomic E-state index is -0.270. The van der Waals surface area contributed by atoms with E-state index in [2.05, 4.69) is 20.9 Å². The van der Waals surface area contributed by atoms with Crippen LogP contribution in [0.3, 0.4) is 0 Å². The van der Waals surface area contributed by atoms with E-state index in [9.17, 15) is 9.59 Å². The Balaban J connectivity index is 2.28. The summed E-state index contributed by atoms with van der Waals surface area (Å²) in [6, 6.07) is 6.82. The number of rotatable bonds is 4. The Morgan fingerprint density at radius 2 is 2.20 bits per heavy atom. The number of Topliss-reactive ketones (excluding diaryl/α,β-unsaturated/α-hetero) is 1. The molecule has 0 spiro atoms. The van der Waals surface area contributed by atoms with E-state index in [0.29, 0.717) is 21.5 Å². The van der Waals surface area contributed by atoms with Gasteiger partial charge in [0.25, 0.3) is 5.56 Å². The van der Waals surface area contributed by atoms with Gasteiger partial charge in [0.05, 0.1) is 25.7 Å². The van der Waals surface area contributed by atoms with Crippen LogP contribution < -0.4 is 10.3 Å². The van der Waals surface area contributed by atoms with Gasteiger partial charge in [0.15, 0.2) is 5.78 Å². The lowest BCUT2D eigenvalue weighted by molar-refractivity contribution is 0.0970. The second-order valence-corrected chi connectivity index (χ2v) is 5.03. The molecule has 0 unspecified atom stereocenters. The molecule has 104 valence electrons. The molecule has 0 aliphatic carbocycles. The molecule has 20 heavy (non-hydrogen) atoms. The lowest BCUT2D eigenvalue weighted by Crippen LogP contribution is -2.25. The van der Waals surface area contributed by atoms with Gasteiger partial charge in [-0.15, -0.1) is 0 Å². The largest absolute Gasteiger partial charge is 0.497 e. The third-order valence-electron chi connectivity index (χ3n) is 2.86. The normalized spacial score (nSPS) is 10.3. The molecule has 0 radical (unpaired) electrons. The van der Waals surface area contributed by atoms with Crippen molar-refractivity contribution in [3.63, 3.8) is 0 Å². The maximum atomic E-state index is 12.2. The summed E-state index contributed by atoms with van der Waals surface area (Å²) < 4.78 is 6.72.